The summed E-state index contributed by atoms with van der Waals surface area (Å²) in [6.07, 6.45) is 1.35. The maximum Gasteiger partial charge on any atom is 0.334 e. The van der Waals surface area contributed by atoms with Crippen LogP contribution in [0.15, 0.2) is 12.1 Å². The normalized spacial score (nSPS) is 13.7. The molecule has 0 bridgehead atoms. The number of carboxylic acid groups (broad SMARTS) is 1. The molecular weight excluding hydrogens is 254 g/mol. The highest BCUT2D eigenvalue weighted by Gasteiger charge is 2.42. The number of carboxylic acids is 1. The van der Waals surface area contributed by atoms with Gasteiger partial charge >= 0.3 is 5.97 Å². The zero-order valence-electron chi connectivity index (χ0n) is 12.9. The molecule has 1 amide bonds. The third-order valence-electron chi connectivity index (χ3n) is 3.75. The van der Waals surface area contributed by atoms with Crippen molar-refractivity contribution in [3.63, 3.8) is 0 Å². The Balaban J connectivity index is 3.55. The molecule has 0 spiro atoms. The molecule has 110 valence electrons. The average molecular weight is 277 g/mol. The van der Waals surface area contributed by atoms with E-state index in [1.54, 1.807) is 6.92 Å². The molecule has 1 N–H and O–H groups in total. The second kappa shape index (κ2) is 6.07. The van der Waals surface area contributed by atoms with E-state index >= 15 is 0 Å². The first-order chi connectivity index (χ1) is 9.28. The Bertz CT molecular complexity index is 501. The van der Waals surface area contributed by atoms with Gasteiger partial charge in [0.25, 0.3) is 0 Å². The van der Waals surface area contributed by atoms with Crippen LogP contribution in [0.1, 0.15) is 42.5 Å². The van der Waals surface area contributed by atoms with Gasteiger partial charge in [-0.3, -0.25) is 4.79 Å². The highest BCUT2D eigenvalue weighted by Crippen LogP contribution is 2.33. The number of carbonyl (C=O) groups excluding carboxylic acids is 1. The third-order valence-corrected chi connectivity index (χ3v) is 3.75. The molecule has 4 nitrogen and oxygen atoms in total. The van der Waals surface area contributed by atoms with Crippen LogP contribution in [0.2, 0.25) is 0 Å². The molecule has 0 aliphatic rings. The van der Waals surface area contributed by atoms with E-state index < -0.39 is 11.5 Å². The van der Waals surface area contributed by atoms with Crippen LogP contribution in [-0.4, -0.2) is 28.9 Å². The van der Waals surface area contributed by atoms with Crippen LogP contribution in [0.25, 0.3) is 0 Å². The van der Waals surface area contributed by atoms with Crippen molar-refractivity contribution in [2.45, 2.75) is 46.6 Å². The molecule has 4 heteroatoms. The summed E-state index contributed by atoms with van der Waals surface area (Å²) in [5.74, 6) is -1.01. The van der Waals surface area contributed by atoms with Crippen LogP contribution < -0.4 is 0 Å². The van der Waals surface area contributed by atoms with Gasteiger partial charge in [0, 0.05) is 6.54 Å². The number of rotatable bonds is 6. The van der Waals surface area contributed by atoms with Gasteiger partial charge in [0.05, 0.1) is 0 Å². The summed E-state index contributed by atoms with van der Waals surface area (Å²) in [5.41, 5.74) is 2.26. The Morgan fingerprint density at radius 1 is 1.30 bits per heavy atom. The van der Waals surface area contributed by atoms with Crippen LogP contribution >= 0.6 is 0 Å². The van der Waals surface area contributed by atoms with E-state index in [2.05, 4.69) is 0 Å². The zero-order valence-corrected chi connectivity index (χ0v) is 12.9. The summed E-state index contributed by atoms with van der Waals surface area (Å²) in [7, 11) is 0. The first-order valence-corrected chi connectivity index (χ1v) is 6.82. The fraction of sp³-hybridized carbons (Fsp3) is 0.500. The Kier molecular flexibility index (Phi) is 4.93. The van der Waals surface area contributed by atoms with Crippen molar-refractivity contribution < 1.29 is 14.7 Å². The minimum absolute atomic E-state index is 0.416. The molecular formula is C16H23NO3. The molecule has 0 aliphatic carbocycles. The number of aliphatic carboxylic acids is 1. The van der Waals surface area contributed by atoms with Gasteiger partial charge in [-0.05, 0) is 50.8 Å². The molecule has 1 aromatic carbocycles. The van der Waals surface area contributed by atoms with Gasteiger partial charge in [0.2, 0.25) is 6.41 Å². The molecule has 0 aromatic heterocycles. The smallest absolute Gasteiger partial charge is 0.334 e. The maximum absolute atomic E-state index is 11.9. The lowest BCUT2D eigenvalue weighted by molar-refractivity contribution is -0.155. The Labute approximate surface area is 120 Å². The molecule has 20 heavy (non-hydrogen) atoms. The van der Waals surface area contributed by atoms with E-state index in [1.807, 2.05) is 39.8 Å². The molecule has 0 radical (unpaired) electrons. The number of amides is 1. The predicted molar refractivity (Wildman–Crippen MR) is 78.7 cm³/mol. The van der Waals surface area contributed by atoms with Crippen molar-refractivity contribution in [2.24, 2.45) is 0 Å². The SMILES string of the molecule is CCCN(C=O)C(C)(C(=O)O)c1c(C)cc(C)cc1C. The average Bonchev–Trinajstić information content (AvgIpc) is 2.33. The number of hydrogen-bond donors (Lipinski definition) is 1. The second-order valence-corrected chi connectivity index (χ2v) is 5.45. The lowest BCUT2D eigenvalue weighted by atomic mass is 9.83. The van der Waals surface area contributed by atoms with Gasteiger partial charge in [-0.2, -0.15) is 0 Å². The number of hydrogen-bond acceptors (Lipinski definition) is 2. The monoisotopic (exact) mass is 277 g/mol. The summed E-state index contributed by atoms with van der Waals surface area (Å²) in [5, 5.41) is 9.73. The highest BCUT2D eigenvalue weighted by atomic mass is 16.4. The number of carbonyl (C=O) groups is 2. The highest BCUT2D eigenvalue weighted by molar-refractivity contribution is 5.84. The first kappa shape index (κ1) is 16.2. The van der Waals surface area contributed by atoms with Crippen LogP contribution in [0, 0.1) is 20.8 Å². The van der Waals surface area contributed by atoms with Gasteiger partial charge in [-0.1, -0.05) is 24.6 Å². The van der Waals surface area contributed by atoms with E-state index in [9.17, 15) is 14.7 Å². The van der Waals surface area contributed by atoms with Crippen molar-refractivity contribution in [1.82, 2.24) is 4.90 Å². The Morgan fingerprint density at radius 2 is 1.80 bits per heavy atom. The lowest BCUT2D eigenvalue weighted by Crippen LogP contribution is -2.50. The van der Waals surface area contributed by atoms with E-state index in [1.165, 1.54) is 4.90 Å². The zero-order chi connectivity index (χ0) is 15.5. The van der Waals surface area contributed by atoms with E-state index in [4.69, 9.17) is 0 Å². The van der Waals surface area contributed by atoms with Crippen molar-refractivity contribution in [1.29, 1.82) is 0 Å². The summed E-state index contributed by atoms with van der Waals surface area (Å²) in [6.45, 7) is 9.71. The summed E-state index contributed by atoms with van der Waals surface area (Å²) < 4.78 is 0. The molecule has 0 saturated heterocycles. The molecule has 0 saturated carbocycles. The standard InChI is InChI=1S/C16H23NO3/c1-6-7-17(10-18)16(5,15(19)20)14-12(3)8-11(2)9-13(14)4/h8-10H,6-7H2,1-5H3,(H,19,20). The fourth-order valence-electron chi connectivity index (χ4n) is 2.94. The van der Waals surface area contributed by atoms with Crippen molar-refractivity contribution in [3.8, 4) is 0 Å². The van der Waals surface area contributed by atoms with Gasteiger partial charge in [-0.15, -0.1) is 0 Å². The second-order valence-electron chi connectivity index (χ2n) is 5.45. The number of nitrogens with zero attached hydrogens (tertiary/aromatic N) is 1. The maximum atomic E-state index is 11.9. The van der Waals surface area contributed by atoms with Crippen LogP contribution in [0.5, 0.6) is 0 Å². The third kappa shape index (κ3) is 2.69. The van der Waals surface area contributed by atoms with Gasteiger partial charge in [-0.25, -0.2) is 4.79 Å². The summed E-state index contributed by atoms with van der Waals surface area (Å²) in [4.78, 5) is 24.6. The predicted octanol–water partition coefficient (Wildman–Crippen LogP) is 2.78. The van der Waals surface area contributed by atoms with E-state index in [0.717, 1.165) is 16.7 Å². The van der Waals surface area contributed by atoms with Crippen LogP contribution in [0.3, 0.4) is 0 Å². The topological polar surface area (TPSA) is 57.6 Å². The van der Waals surface area contributed by atoms with Crippen molar-refractivity contribution in [2.75, 3.05) is 6.54 Å². The summed E-state index contributed by atoms with van der Waals surface area (Å²) >= 11 is 0. The van der Waals surface area contributed by atoms with Gasteiger partial charge < -0.3 is 10.0 Å². The van der Waals surface area contributed by atoms with Gasteiger partial charge in [0.15, 0.2) is 5.54 Å². The first-order valence-electron chi connectivity index (χ1n) is 6.82. The van der Waals surface area contributed by atoms with Gasteiger partial charge in [0.1, 0.15) is 0 Å². The minimum atomic E-state index is -1.33. The Morgan fingerprint density at radius 3 is 2.15 bits per heavy atom. The van der Waals surface area contributed by atoms with E-state index in [-0.39, 0.29) is 0 Å². The molecule has 1 rings (SSSR count). The van der Waals surface area contributed by atoms with Crippen LogP contribution in [-0.2, 0) is 15.1 Å². The minimum Gasteiger partial charge on any atom is -0.479 e. The van der Waals surface area contributed by atoms with Crippen molar-refractivity contribution in [3.05, 3.63) is 34.4 Å². The quantitative estimate of drug-likeness (QED) is 0.813. The molecule has 0 heterocycles. The Hall–Kier alpha value is -1.84. The van der Waals surface area contributed by atoms with Crippen molar-refractivity contribution >= 4 is 12.4 Å². The molecule has 1 aromatic rings. The molecule has 1 atom stereocenters. The number of benzene rings is 1. The summed E-state index contributed by atoms with van der Waals surface area (Å²) in [6, 6.07) is 3.91. The molecule has 0 aliphatic heterocycles. The lowest BCUT2D eigenvalue weighted by Gasteiger charge is -2.37. The molecule has 0 fully saturated rings. The largest absolute Gasteiger partial charge is 0.479 e. The van der Waals surface area contributed by atoms with E-state index in [0.29, 0.717) is 24.9 Å². The fourth-order valence-corrected chi connectivity index (χ4v) is 2.94. The van der Waals surface area contributed by atoms with Crippen LogP contribution in [0.4, 0.5) is 0 Å². The number of aryl methyl sites for hydroxylation is 3. The molecule has 1 unspecified atom stereocenters.